The standard InChI is InChI=1S/C12H7BrClN3O/c1-18-10-3-2-7(4-9(10)13)12-16-6-8(5-15)11(14)17-12/h2-4,6H,1H3. The minimum absolute atomic E-state index is 0.148. The number of ether oxygens (including phenoxy) is 1. The highest BCUT2D eigenvalue weighted by Crippen LogP contribution is 2.29. The molecule has 0 aliphatic rings. The molecule has 6 heteroatoms. The highest BCUT2D eigenvalue weighted by Gasteiger charge is 2.08. The minimum atomic E-state index is 0.148. The normalized spacial score (nSPS) is 9.89. The van der Waals surface area contributed by atoms with E-state index in [2.05, 4.69) is 25.9 Å². The second-order valence-corrected chi connectivity index (χ2v) is 4.57. The molecule has 4 nitrogen and oxygen atoms in total. The van der Waals surface area contributed by atoms with E-state index in [4.69, 9.17) is 21.6 Å². The predicted octanol–water partition coefficient (Wildman–Crippen LogP) is 3.44. The van der Waals surface area contributed by atoms with Gasteiger partial charge in [-0.05, 0) is 34.1 Å². The van der Waals surface area contributed by atoms with Crippen molar-refractivity contribution >= 4 is 27.5 Å². The fraction of sp³-hybridized carbons (Fsp3) is 0.0833. The minimum Gasteiger partial charge on any atom is -0.496 e. The van der Waals surface area contributed by atoms with Crippen LogP contribution in [0, 0.1) is 11.3 Å². The number of methoxy groups -OCH3 is 1. The van der Waals surface area contributed by atoms with Gasteiger partial charge in [-0.1, -0.05) is 11.6 Å². The van der Waals surface area contributed by atoms with E-state index >= 15 is 0 Å². The summed E-state index contributed by atoms with van der Waals surface area (Å²) in [6.07, 6.45) is 1.41. The van der Waals surface area contributed by atoms with E-state index in [1.807, 2.05) is 18.2 Å². The Labute approximate surface area is 117 Å². The maximum atomic E-state index is 8.75. The molecule has 0 radical (unpaired) electrons. The Bertz CT molecular complexity index is 640. The van der Waals surface area contributed by atoms with E-state index in [1.165, 1.54) is 6.20 Å². The third kappa shape index (κ3) is 2.45. The van der Waals surface area contributed by atoms with E-state index in [-0.39, 0.29) is 10.7 Å². The molecular weight excluding hydrogens is 318 g/mol. The van der Waals surface area contributed by atoms with Gasteiger partial charge in [-0.25, -0.2) is 9.97 Å². The van der Waals surface area contributed by atoms with Crippen LogP contribution in [0.4, 0.5) is 0 Å². The maximum absolute atomic E-state index is 8.75. The molecule has 0 saturated heterocycles. The third-order valence-corrected chi connectivity index (χ3v) is 3.18. The van der Waals surface area contributed by atoms with Crippen LogP contribution in [0.15, 0.2) is 28.9 Å². The summed E-state index contributed by atoms with van der Waals surface area (Å²) in [5.41, 5.74) is 1.04. The topological polar surface area (TPSA) is 58.8 Å². The molecule has 0 fully saturated rings. The van der Waals surface area contributed by atoms with Crippen LogP contribution in [0.3, 0.4) is 0 Å². The van der Waals surface area contributed by atoms with E-state index in [9.17, 15) is 0 Å². The van der Waals surface area contributed by atoms with E-state index in [0.29, 0.717) is 5.82 Å². The van der Waals surface area contributed by atoms with Crippen LogP contribution in [-0.4, -0.2) is 17.1 Å². The van der Waals surface area contributed by atoms with Gasteiger partial charge in [-0.15, -0.1) is 0 Å². The third-order valence-electron chi connectivity index (χ3n) is 2.27. The van der Waals surface area contributed by atoms with Gasteiger partial charge in [0.1, 0.15) is 17.4 Å². The summed E-state index contributed by atoms with van der Waals surface area (Å²) in [6, 6.07) is 7.37. The van der Waals surface area contributed by atoms with Gasteiger partial charge >= 0.3 is 0 Å². The van der Waals surface area contributed by atoms with E-state index < -0.39 is 0 Å². The smallest absolute Gasteiger partial charge is 0.160 e. The van der Waals surface area contributed by atoms with Crippen molar-refractivity contribution in [2.75, 3.05) is 7.11 Å². The van der Waals surface area contributed by atoms with Crippen molar-refractivity contribution in [1.82, 2.24) is 9.97 Å². The van der Waals surface area contributed by atoms with E-state index in [0.717, 1.165) is 15.8 Å². The Morgan fingerprint density at radius 2 is 2.22 bits per heavy atom. The van der Waals surface area contributed by atoms with Gasteiger partial charge in [0.05, 0.1) is 17.8 Å². The zero-order valence-electron chi connectivity index (χ0n) is 9.32. The van der Waals surface area contributed by atoms with E-state index in [1.54, 1.807) is 13.2 Å². The van der Waals surface area contributed by atoms with Gasteiger partial charge in [0.2, 0.25) is 0 Å². The summed E-state index contributed by atoms with van der Waals surface area (Å²) in [5.74, 6) is 1.18. The molecule has 2 aromatic rings. The Kier molecular flexibility index (Phi) is 3.80. The molecule has 0 aliphatic heterocycles. The summed E-state index contributed by atoms with van der Waals surface area (Å²) < 4.78 is 5.94. The van der Waals surface area contributed by atoms with Gasteiger partial charge in [-0.2, -0.15) is 5.26 Å². The number of hydrogen-bond donors (Lipinski definition) is 0. The molecule has 0 atom stereocenters. The number of halogens is 2. The second-order valence-electron chi connectivity index (χ2n) is 3.36. The Morgan fingerprint density at radius 1 is 1.44 bits per heavy atom. The van der Waals surface area contributed by atoms with Gasteiger partial charge in [-0.3, -0.25) is 0 Å². The molecule has 0 unspecified atom stereocenters. The van der Waals surface area contributed by atoms with Crippen molar-refractivity contribution in [3.8, 4) is 23.2 Å². The Hall–Kier alpha value is -1.64. The van der Waals surface area contributed by atoms with Crippen LogP contribution < -0.4 is 4.74 Å². The first-order valence-corrected chi connectivity index (χ1v) is 6.09. The fourth-order valence-electron chi connectivity index (χ4n) is 1.38. The zero-order chi connectivity index (χ0) is 13.1. The largest absolute Gasteiger partial charge is 0.496 e. The van der Waals surface area contributed by atoms with Crippen LogP contribution in [-0.2, 0) is 0 Å². The van der Waals surface area contributed by atoms with Crippen LogP contribution in [0.5, 0.6) is 5.75 Å². The molecule has 0 saturated carbocycles. The number of nitrogens with zero attached hydrogens (tertiary/aromatic N) is 3. The van der Waals surface area contributed by atoms with Crippen molar-refractivity contribution < 1.29 is 4.74 Å². The summed E-state index contributed by atoms with van der Waals surface area (Å²) in [4.78, 5) is 8.18. The molecule has 0 bridgehead atoms. The first-order valence-electron chi connectivity index (χ1n) is 4.92. The SMILES string of the molecule is COc1ccc(-c2ncc(C#N)c(Cl)n2)cc1Br. The van der Waals surface area contributed by atoms with Crippen molar-refractivity contribution in [3.05, 3.63) is 39.6 Å². The van der Waals surface area contributed by atoms with Gasteiger partial charge < -0.3 is 4.74 Å². The molecule has 2 rings (SSSR count). The van der Waals surface area contributed by atoms with Crippen molar-refractivity contribution in [2.45, 2.75) is 0 Å². The average molecular weight is 325 g/mol. The van der Waals surface area contributed by atoms with Crippen molar-refractivity contribution in [2.24, 2.45) is 0 Å². The molecule has 0 amide bonds. The zero-order valence-corrected chi connectivity index (χ0v) is 11.7. The molecule has 0 N–H and O–H groups in total. The van der Waals surface area contributed by atoms with Gasteiger partial charge in [0.25, 0.3) is 0 Å². The number of nitriles is 1. The Morgan fingerprint density at radius 3 is 2.78 bits per heavy atom. The molecule has 1 heterocycles. The lowest BCUT2D eigenvalue weighted by Gasteiger charge is -2.05. The maximum Gasteiger partial charge on any atom is 0.160 e. The number of rotatable bonds is 2. The highest BCUT2D eigenvalue weighted by atomic mass is 79.9. The van der Waals surface area contributed by atoms with Crippen LogP contribution in [0.1, 0.15) is 5.56 Å². The molecular formula is C12H7BrClN3O. The summed E-state index contributed by atoms with van der Waals surface area (Å²) in [6.45, 7) is 0. The van der Waals surface area contributed by atoms with Gasteiger partial charge in [0, 0.05) is 5.56 Å². The fourth-order valence-corrected chi connectivity index (χ4v) is 2.09. The Balaban J connectivity index is 2.46. The first kappa shape index (κ1) is 12.8. The molecule has 1 aromatic heterocycles. The summed E-state index contributed by atoms with van der Waals surface area (Å²) >= 11 is 9.25. The average Bonchev–Trinajstić information content (AvgIpc) is 2.38. The molecule has 0 aliphatic carbocycles. The lowest BCUT2D eigenvalue weighted by atomic mass is 10.2. The predicted molar refractivity (Wildman–Crippen MR) is 71.4 cm³/mol. The van der Waals surface area contributed by atoms with Crippen LogP contribution >= 0.6 is 27.5 Å². The van der Waals surface area contributed by atoms with Crippen LogP contribution in [0.25, 0.3) is 11.4 Å². The van der Waals surface area contributed by atoms with Crippen molar-refractivity contribution in [3.63, 3.8) is 0 Å². The van der Waals surface area contributed by atoms with Crippen LogP contribution in [0.2, 0.25) is 5.15 Å². The van der Waals surface area contributed by atoms with Crippen molar-refractivity contribution in [1.29, 1.82) is 5.26 Å². The lowest BCUT2D eigenvalue weighted by molar-refractivity contribution is 0.412. The molecule has 90 valence electrons. The quantitative estimate of drug-likeness (QED) is 0.794. The second kappa shape index (κ2) is 5.34. The first-order chi connectivity index (χ1) is 8.65. The lowest BCUT2D eigenvalue weighted by Crippen LogP contribution is -1.93. The highest BCUT2D eigenvalue weighted by molar-refractivity contribution is 9.10. The molecule has 0 spiro atoms. The number of hydrogen-bond acceptors (Lipinski definition) is 4. The monoisotopic (exact) mass is 323 g/mol. The molecule has 18 heavy (non-hydrogen) atoms. The number of benzene rings is 1. The summed E-state index contributed by atoms with van der Waals surface area (Å²) in [5, 5.41) is 8.90. The summed E-state index contributed by atoms with van der Waals surface area (Å²) in [7, 11) is 1.59. The van der Waals surface area contributed by atoms with Gasteiger partial charge in [0.15, 0.2) is 11.0 Å². The molecule has 1 aromatic carbocycles. The number of aromatic nitrogens is 2.